The molecule has 0 aliphatic rings. The number of carbonyl (C=O) groups excluding carboxylic acids is 1. The number of aryl methyl sites for hydroxylation is 1. The largest absolute Gasteiger partial charge is 0.310 e. The van der Waals surface area contributed by atoms with Crippen LogP contribution in [0.3, 0.4) is 0 Å². The first-order valence-corrected chi connectivity index (χ1v) is 13.2. The summed E-state index contributed by atoms with van der Waals surface area (Å²) in [5.41, 5.74) is 6.74. The van der Waals surface area contributed by atoms with Crippen molar-refractivity contribution in [1.29, 1.82) is 0 Å². The van der Waals surface area contributed by atoms with E-state index in [1.807, 2.05) is 44.2 Å². The number of ketones is 1. The van der Waals surface area contributed by atoms with Crippen molar-refractivity contribution >= 4 is 50.5 Å². The summed E-state index contributed by atoms with van der Waals surface area (Å²) < 4.78 is 0. The molecule has 0 amide bonds. The summed E-state index contributed by atoms with van der Waals surface area (Å²) in [6, 6.07) is 46.0. The van der Waals surface area contributed by atoms with Gasteiger partial charge in [0.2, 0.25) is 0 Å². The highest BCUT2D eigenvalue weighted by Gasteiger charge is 2.16. The highest BCUT2D eigenvalue weighted by Crippen LogP contribution is 2.38. The van der Waals surface area contributed by atoms with Crippen LogP contribution < -0.4 is 4.90 Å². The third-order valence-corrected chi connectivity index (χ3v) is 7.25. The lowest BCUT2D eigenvalue weighted by Gasteiger charge is -2.27. The topological polar surface area (TPSA) is 20.3 Å². The second-order valence-corrected chi connectivity index (χ2v) is 9.93. The van der Waals surface area contributed by atoms with Crippen LogP contribution in [0.2, 0.25) is 0 Å². The summed E-state index contributed by atoms with van der Waals surface area (Å²) in [5, 5.41) is 4.63. The Bertz CT molecular complexity index is 1830. The molecular formula is C37H29NO. The van der Waals surface area contributed by atoms with E-state index < -0.39 is 0 Å². The minimum atomic E-state index is 0.0593. The zero-order valence-electron chi connectivity index (χ0n) is 22.1. The highest BCUT2D eigenvalue weighted by molar-refractivity contribution is 6.13. The maximum absolute atomic E-state index is 13.4. The first-order chi connectivity index (χ1) is 19.1. The summed E-state index contributed by atoms with van der Waals surface area (Å²) >= 11 is 0. The van der Waals surface area contributed by atoms with Crippen molar-refractivity contribution in [3.63, 3.8) is 0 Å². The maximum Gasteiger partial charge on any atom is 0.189 e. The van der Waals surface area contributed by atoms with Gasteiger partial charge in [-0.05, 0) is 89.2 Å². The van der Waals surface area contributed by atoms with Crippen molar-refractivity contribution in [2.75, 3.05) is 4.90 Å². The minimum absolute atomic E-state index is 0.0593. The number of hydrogen-bond acceptors (Lipinski definition) is 2. The fourth-order valence-corrected chi connectivity index (χ4v) is 5.25. The molecule has 2 heteroatoms. The molecule has 2 nitrogen and oxygen atoms in total. The number of Topliss-reactive ketones (excluding diaryl/α,β-unsaturated/α-hetero) is 1. The molecule has 0 atom stereocenters. The van der Waals surface area contributed by atoms with Gasteiger partial charge in [0.15, 0.2) is 5.78 Å². The van der Waals surface area contributed by atoms with Crippen LogP contribution >= 0.6 is 0 Å². The van der Waals surface area contributed by atoms with Crippen LogP contribution in [0.4, 0.5) is 17.1 Å². The Hall–Kier alpha value is -4.95. The summed E-state index contributed by atoms with van der Waals surface area (Å²) in [4.78, 5) is 15.7. The molecule has 0 unspecified atom stereocenters. The second-order valence-electron chi connectivity index (χ2n) is 9.93. The molecule has 0 aliphatic heterocycles. The number of fused-ring (bicyclic) bond motifs is 2. The lowest BCUT2D eigenvalue weighted by Crippen LogP contribution is -2.10. The molecule has 0 aliphatic carbocycles. The molecule has 188 valence electrons. The van der Waals surface area contributed by atoms with E-state index in [0.717, 1.165) is 50.1 Å². The normalized spacial score (nSPS) is 11.6. The van der Waals surface area contributed by atoms with Crippen molar-refractivity contribution in [1.82, 2.24) is 0 Å². The van der Waals surface area contributed by atoms with Crippen LogP contribution in [0.5, 0.6) is 0 Å². The van der Waals surface area contributed by atoms with Crippen LogP contribution in [0.15, 0.2) is 139 Å². The molecule has 0 N–H and O–H groups in total. The smallest absolute Gasteiger partial charge is 0.189 e. The monoisotopic (exact) mass is 503 g/mol. The van der Waals surface area contributed by atoms with E-state index in [9.17, 15) is 4.79 Å². The van der Waals surface area contributed by atoms with Crippen molar-refractivity contribution in [2.24, 2.45) is 0 Å². The number of carbonyl (C=O) groups is 1. The molecule has 6 aromatic rings. The van der Waals surface area contributed by atoms with Crippen LogP contribution in [-0.2, 0) is 0 Å². The van der Waals surface area contributed by atoms with Crippen LogP contribution in [0.25, 0.3) is 27.6 Å². The van der Waals surface area contributed by atoms with E-state index in [1.165, 1.54) is 10.8 Å². The number of nitrogens with zero attached hydrogens (tertiary/aromatic N) is 1. The number of hydrogen-bond donors (Lipinski definition) is 0. The fourth-order valence-electron chi connectivity index (χ4n) is 5.25. The van der Waals surface area contributed by atoms with Crippen molar-refractivity contribution < 1.29 is 4.79 Å². The molecule has 0 aromatic heterocycles. The van der Waals surface area contributed by atoms with Gasteiger partial charge < -0.3 is 4.90 Å². The van der Waals surface area contributed by atoms with Gasteiger partial charge in [-0.15, -0.1) is 0 Å². The van der Waals surface area contributed by atoms with Gasteiger partial charge in [0.25, 0.3) is 0 Å². The quantitative estimate of drug-likeness (QED) is 0.166. The van der Waals surface area contributed by atoms with Crippen molar-refractivity contribution in [2.45, 2.75) is 13.8 Å². The Balaban J connectivity index is 1.35. The SMILES string of the molecule is C/C(=C/c1ccc(N(c2ccccc2)c2cccc3ccccc23)cc1)C(=O)c1cc2ccccc2cc1C. The molecule has 0 saturated heterocycles. The van der Waals surface area contributed by atoms with Gasteiger partial charge in [-0.1, -0.05) is 97.1 Å². The molecule has 0 heterocycles. The minimum Gasteiger partial charge on any atom is -0.310 e. The lowest BCUT2D eigenvalue weighted by molar-refractivity contribution is 0.103. The number of anilines is 3. The van der Waals surface area contributed by atoms with Gasteiger partial charge in [-0.3, -0.25) is 4.79 Å². The fraction of sp³-hybridized carbons (Fsp3) is 0.0541. The van der Waals surface area contributed by atoms with E-state index in [2.05, 4.69) is 114 Å². The summed E-state index contributed by atoms with van der Waals surface area (Å²) in [6.07, 6.45) is 1.98. The van der Waals surface area contributed by atoms with Crippen molar-refractivity contribution in [3.8, 4) is 0 Å². The Labute approximate surface area is 229 Å². The van der Waals surface area contributed by atoms with Crippen molar-refractivity contribution in [3.05, 3.63) is 156 Å². The predicted octanol–water partition coefficient (Wildman–Crippen LogP) is 10.1. The van der Waals surface area contributed by atoms with Gasteiger partial charge in [0, 0.05) is 22.3 Å². The average molecular weight is 504 g/mol. The Kier molecular flexibility index (Phi) is 6.52. The Morgan fingerprint density at radius 3 is 1.95 bits per heavy atom. The Morgan fingerprint density at radius 2 is 1.21 bits per heavy atom. The number of rotatable bonds is 6. The molecule has 0 fully saturated rings. The van der Waals surface area contributed by atoms with E-state index in [1.54, 1.807) is 0 Å². The third-order valence-electron chi connectivity index (χ3n) is 7.25. The summed E-state index contributed by atoms with van der Waals surface area (Å²) in [5.74, 6) is 0.0593. The van der Waals surface area contributed by atoms with Gasteiger partial charge in [-0.2, -0.15) is 0 Å². The van der Waals surface area contributed by atoms with Crippen LogP contribution in [0, 0.1) is 6.92 Å². The van der Waals surface area contributed by atoms with Gasteiger partial charge in [0.1, 0.15) is 0 Å². The maximum atomic E-state index is 13.4. The molecule has 6 aromatic carbocycles. The molecule has 6 rings (SSSR count). The van der Waals surface area contributed by atoms with E-state index in [0.29, 0.717) is 0 Å². The number of para-hydroxylation sites is 1. The van der Waals surface area contributed by atoms with Gasteiger partial charge in [0.05, 0.1) is 5.69 Å². The van der Waals surface area contributed by atoms with Crippen LogP contribution in [0.1, 0.15) is 28.4 Å². The highest BCUT2D eigenvalue weighted by atomic mass is 16.1. The molecule has 0 spiro atoms. The zero-order chi connectivity index (χ0) is 26.8. The molecular weight excluding hydrogens is 474 g/mol. The molecule has 0 saturated carbocycles. The Morgan fingerprint density at radius 1 is 0.615 bits per heavy atom. The molecule has 39 heavy (non-hydrogen) atoms. The zero-order valence-corrected chi connectivity index (χ0v) is 22.1. The second kappa shape index (κ2) is 10.4. The average Bonchev–Trinajstić information content (AvgIpc) is 2.98. The predicted molar refractivity (Wildman–Crippen MR) is 165 cm³/mol. The molecule has 0 radical (unpaired) electrons. The van der Waals surface area contributed by atoms with E-state index in [4.69, 9.17) is 0 Å². The lowest BCUT2D eigenvalue weighted by atomic mass is 9.95. The third kappa shape index (κ3) is 4.85. The summed E-state index contributed by atoms with van der Waals surface area (Å²) in [7, 11) is 0. The van der Waals surface area contributed by atoms with Gasteiger partial charge >= 0.3 is 0 Å². The standard InChI is InChI=1S/C37H29NO/c1-26-24-30-12-6-7-13-31(30)25-35(26)37(39)27(2)23-28-19-21-33(22-20-28)38(32-15-4-3-5-16-32)36-18-10-14-29-11-8-9-17-34(29)36/h3-25H,1-2H3/b27-23-. The van der Waals surface area contributed by atoms with Crippen LogP contribution in [-0.4, -0.2) is 5.78 Å². The number of allylic oxidation sites excluding steroid dienone is 1. The molecule has 0 bridgehead atoms. The van der Waals surface area contributed by atoms with E-state index in [-0.39, 0.29) is 5.78 Å². The van der Waals surface area contributed by atoms with Gasteiger partial charge in [-0.25, -0.2) is 0 Å². The number of benzene rings is 6. The van der Waals surface area contributed by atoms with E-state index >= 15 is 0 Å². The summed E-state index contributed by atoms with van der Waals surface area (Å²) in [6.45, 7) is 3.91. The first kappa shape index (κ1) is 24.4. The first-order valence-electron chi connectivity index (χ1n) is 13.2.